The van der Waals surface area contributed by atoms with Crippen molar-refractivity contribution in [2.75, 3.05) is 23.7 Å². The average Bonchev–Trinajstić information content (AvgIpc) is 2.68. The van der Waals surface area contributed by atoms with E-state index < -0.39 is 14.9 Å². The number of nitro benzene ring substituents is 1. The third kappa shape index (κ3) is 7.53. The van der Waals surface area contributed by atoms with E-state index in [0.717, 1.165) is 23.4 Å². The second-order valence-electron chi connectivity index (χ2n) is 6.65. The summed E-state index contributed by atoms with van der Waals surface area (Å²) in [6, 6.07) is 15.4. The van der Waals surface area contributed by atoms with E-state index >= 15 is 0 Å². The number of carbonyl (C=O) groups excluding carboxylic acids is 1. The van der Waals surface area contributed by atoms with Crippen molar-refractivity contribution in [1.82, 2.24) is 5.32 Å². The zero-order valence-corrected chi connectivity index (χ0v) is 17.1. The number of benzene rings is 2. The Morgan fingerprint density at radius 1 is 1.10 bits per heavy atom. The topological polar surface area (TPSA) is 110 Å². The predicted molar refractivity (Wildman–Crippen MR) is 112 cm³/mol. The molecule has 0 radical (unpaired) electrons. The second-order valence-corrected chi connectivity index (χ2v) is 8.56. The largest absolute Gasteiger partial charge is 0.356 e. The standard InChI is InChI=1S/C20H25N3O5S/c1-29(27,28)22(18-11-5-12-19(16-18)23(25)26)15-7-13-20(24)21-14-6-10-17-8-3-2-4-9-17/h2-5,8-9,11-12,16H,6-7,10,13-15H2,1H3,(H,21,24). The molecule has 0 aromatic heterocycles. The molecule has 1 N–H and O–H groups in total. The van der Waals surface area contributed by atoms with Gasteiger partial charge < -0.3 is 5.32 Å². The Kier molecular flexibility index (Phi) is 8.14. The van der Waals surface area contributed by atoms with Crippen LogP contribution in [-0.2, 0) is 21.2 Å². The number of hydrogen-bond donors (Lipinski definition) is 1. The molecule has 0 atom stereocenters. The zero-order chi connectivity index (χ0) is 21.3. The highest BCUT2D eigenvalue weighted by molar-refractivity contribution is 7.92. The van der Waals surface area contributed by atoms with Gasteiger partial charge in [0.1, 0.15) is 0 Å². The van der Waals surface area contributed by atoms with Gasteiger partial charge in [0.05, 0.1) is 16.9 Å². The average molecular weight is 420 g/mol. The number of carbonyl (C=O) groups is 1. The number of anilines is 1. The van der Waals surface area contributed by atoms with Crippen molar-refractivity contribution < 1.29 is 18.1 Å². The highest BCUT2D eigenvalue weighted by Crippen LogP contribution is 2.23. The first kappa shape index (κ1) is 22.4. The lowest BCUT2D eigenvalue weighted by Gasteiger charge is -2.22. The number of sulfonamides is 1. The van der Waals surface area contributed by atoms with Gasteiger partial charge in [-0.2, -0.15) is 0 Å². The highest BCUT2D eigenvalue weighted by Gasteiger charge is 2.19. The van der Waals surface area contributed by atoms with Crippen molar-refractivity contribution in [3.8, 4) is 0 Å². The summed E-state index contributed by atoms with van der Waals surface area (Å²) in [5, 5.41) is 13.8. The second kappa shape index (κ2) is 10.6. The van der Waals surface area contributed by atoms with E-state index in [1.807, 2.05) is 30.3 Å². The Labute approximate surface area is 170 Å². The fraction of sp³-hybridized carbons (Fsp3) is 0.350. The van der Waals surface area contributed by atoms with Gasteiger partial charge in [-0.05, 0) is 30.9 Å². The Bertz CT molecular complexity index is 932. The molecule has 2 aromatic carbocycles. The molecule has 0 fully saturated rings. The number of hydrogen-bond acceptors (Lipinski definition) is 5. The number of rotatable bonds is 11. The van der Waals surface area contributed by atoms with Crippen LogP contribution in [-0.4, -0.2) is 38.6 Å². The molecule has 0 heterocycles. The Balaban J connectivity index is 1.81. The van der Waals surface area contributed by atoms with E-state index in [9.17, 15) is 23.3 Å². The summed E-state index contributed by atoms with van der Waals surface area (Å²) in [6.07, 6.45) is 3.21. The first-order valence-corrected chi connectivity index (χ1v) is 11.1. The smallest absolute Gasteiger partial charge is 0.271 e. The summed E-state index contributed by atoms with van der Waals surface area (Å²) in [5.74, 6) is -0.148. The molecule has 2 rings (SSSR count). The van der Waals surface area contributed by atoms with E-state index in [1.54, 1.807) is 0 Å². The van der Waals surface area contributed by atoms with Crippen LogP contribution in [0.25, 0.3) is 0 Å². The lowest BCUT2D eigenvalue weighted by molar-refractivity contribution is -0.384. The van der Waals surface area contributed by atoms with E-state index in [-0.39, 0.29) is 30.2 Å². The minimum atomic E-state index is -3.63. The summed E-state index contributed by atoms with van der Waals surface area (Å²) in [5.41, 5.74) is 1.24. The molecule has 1 amide bonds. The molecule has 8 nitrogen and oxygen atoms in total. The first-order chi connectivity index (χ1) is 13.8. The van der Waals surface area contributed by atoms with Gasteiger partial charge in [-0.1, -0.05) is 36.4 Å². The van der Waals surface area contributed by atoms with E-state index in [2.05, 4.69) is 5.32 Å². The van der Waals surface area contributed by atoms with Crippen molar-refractivity contribution >= 4 is 27.3 Å². The quantitative estimate of drug-likeness (QED) is 0.342. The zero-order valence-electron chi connectivity index (χ0n) is 16.3. The third-order valence-corrected chi connectivity index (χ3v) is 5.50. The van der Waals surface area contributed by atoms with Gasteiger partial charge >= 0.3 is 0 Å². The van der Waals surface area contributed by atoms with E-state index in [0.29, 0.717) is 13.0 Å². The number of nitro groups is 1. The van der Waals surface area contributed by atoms with Crippen LogP contribution in [0.5, 0.6) is 0 Å². The molecule has 0 aliphatic heterocycles. The summed E-state index contributed by atoms with van der Waals surface area (Å²) in [4.78, 5) is 22.3. The molecule has 0 unspecified atom stereocenters. The minimum Gasteiger partial charge on any atom is -0.356 e. The van der Waals surface area contributed by atoms with Crippen LogP contribution in [0, 0.1) is 10.1 Å². The number of amides is 1. The molecule has 0 bridgehead atoms. The van der Waals surface area contributed by atoms with Crippen molar-refractivity contribution in [1.29, 1.82) is 0 Å². The van der Waals surface area contributed by atoms with Crippen LogP contribution in [0.4, 0.5) is 11.4 Å². The van der Waals surface area contributed by atoms with Crippen molar-refractivity contribution in [2.24, 2.45) is 0 Å². The first-order valence-electron chi connectivity index (χ1n) is 9.30. The molecule has 0 spiro atoms. The molecule has 0 saturated heterocycles. The number of nitrogens with zero attached hydrogens (tertiary/aromatic N) is 2. The predicted octanol–water partition coefficient (Wildman–Crippen LogP) is 2.89. The van der Waals surface area contributed by atoms with Crippen LogP contribution in [0.3, 0.4) is 0 Å². The lowest BCUT2D eigenvalue weighted by atomic mass is 10.1. The van der Waals surface area contributed by atoms with Gasteiger partial charge in [0.25, 0.3) is 5.69 Å². The van der Waals surface area contributed by atoms with Crippen LogP contribution in [0.1, 0.15) is 24.8 Å². The fourth-order valence-corrected chi connectivity index (χ4v) is 3.84. The number of aryl methyl sites for hydroxylation is 1. The molecule has 0 saturated carbocycles. The van der Waals surface area contributed by atoms with Crippen LogP contribution >= 0.6 is 0 Å². The van der Waals surface area contributed by atoms with Crippen molar-refractivity contribution in [3.05, 3.63) is 70.3 Å². The molecule has 156 valence electrons. The van der Waals surface area contributed by atoms with Gasteiger partial charge in [-0.3, -0.25) is 19.2 Å². The van der Waals surface area contributed by atoms with Crippen LogP contribution in [0.2, 0.25) is 0 Å². The maximum absolute atomic E-state index is 12.1. The van der Waals surface area contributed by atoms with Gasteiger partial charge in [0, 0.05) is 31.6 Å². The summed E-state index contributed by atoms with van der Waals surface area (Å²) < 4.78 is 25.3. The summed E-state index contributed by atoms with van der Waals surface area (Å²) in [7, 11) is -3.63. The van der Waals surface area contributed by atoms with Gasteiger partial charge in [0.2, 0.25) is 15.9 Å². The Morgan fingerprint density at radius 2 is 1.83 bits per heavy atom. The molecule has 2 aromatic rings. The van der Waals surface area contributed by atoms with Gasteiger partial charge in [-0.15, -0.1) is 0 Å². The lowest BCUT2D eigenvalue weighted by Crippen LogP contribution is -2.32. The normalized spacial score (nSPS) is 11.1. The fourth-order valence-electron chi connectivity index (χ4n) is 2.88. The minimum absolute atomic E-state index is 0.0669. The van der Waals surface area contributed by atoms with Crippen LogP contribution in [0.15, 0.2) is 54.6 Å². The Morgan fingerprint density at radius 3 is 2.48 bits per heavy atom. The summed E-state index contributed by atoms with van der Waals surface area (Å²) in [6.45, 7) is 0.617. The maximum atomic E-state index is 12.1. The maximum Gasteiger partial charge on any atom is 0.271 e. The Hall–Kier alpha value is -2.94. The summed E-state index contributed by atoms with van der Waals surface area (Å²) >= 11 is 0. The molecule has 0 aliphatic rings. The SMILES string of the molecule is CS(=O)(=O)N(CCCC(=O)NCCCc1ccccc1)c1cccc([N+](=O)[O-])c1. The molecular formula is C20H25N3O5S. The monoisotopic (exact) mass is 419 g/mol. The number of non-ortho nitro benzene ring substituents is 1. The van der Waals surface area contributed by atoms with Crippen molar-refractivity contribution in [2.45, 2.75) is 25.7 Å². The van der Waals surface area contributed by atoms with Crippen molar-refractivity contribution in [3.63, 3.8) is 0 Å². The highest BCUT2D eigenvalue weighted by atomic mass is 32.2. The molecule has 29 heavy (non-hydrogen) atoms. The number of nitrogens with one attached hydrogen (secondary N) is 1. The van der Waals surface area contributed by atoms with E-state index in [4.69, 9.17) is 0 Å². The molecular weight excluding hydrogens is 394 g/mol. The van der Waals surface area contributed by atoms with Gasteiger partial charge in [-0.25, -0.2) is 8.42 Å². The molecule has 9 heteroatoms. The van der Waals surface area contributed by atoms with E-state index in [1.165, 1.54) is 29.8 Å². The van der Waals surface area contributed by atoms with Crippen LogP contribution < -0.4 is 9.62 Å². The third-order valence-electron chi connectivity index (χ3n) is 4.30. The van der Waals surface area contributed by atoms with Gasteiger partial charge in [0.15, 0.2) is 0 Å². The molecule has 0 aliphatic carbocycles.